The molecule has 7 nitrogen and oxygen atoms in total. The fraction of sp³-hybridized carbons (Fsp3) is 0.286. The predicted octanol–water partition coefficient (Wildman–Crippen LogP) is 4.05. The molecule has 0 saturated heterocycles. The fourth-order valence-corrected chi connectivity index (χ4v) is 5.37. The predicted molar refractivity (Wildman–Crippen MR) is 142 cm³/mol. The van der Waals surface area contributed by atoms with E-state index in [2.05, 4.69) is 5.32 Å². The van der Waals surface area contributed by atoms with E-state index in [1.54, 1.807) is 42.5 Å². The maximum atomic E-state index is 13.8. The number of amides is 2. The molecule has 0 aliphatic rings. The zero-order valence-corrected chi connectivity index (χ0v) is 22.0. The second-order valence-corrected chi connectivity index (χ2v) is 10.6. The molecule has 3 rings (SSSR count). The number of nitrogens with zero attached hydrogens (tertiary/aromatic N) is 2. The summed E-state index contributed by atoms with van der Waals surface area (Å²) in [5, 5.41) is 2.63. The second-order valence-electron chi connectivity index (χ2n) is 8.71. The minimum absolute atomic E-state index is 0.0850. The Hall–Kier alpha value is -3.65. The number of sulfonamides is 1. The van der Waals surface area contributed by atoms with Crippen LogP contribution in [-0.2, 0) is 26.2 Å². The highest BCUT2D eigenvalue weighted by molar-refractivity contribution is 7.92. The average Bonchev–Trinajstić information content (AvgIpc) is 2.89. The van der Waals surface area contributed by atoms with Crippen molar-refractivity contribution in [3.05, 3.63) is 95.6 Å². The van der Waals surface area contributed by atoms with Gasteiger partial charge in [0.05, 0.1) is 10.6 Å². The topological polar surface area (TPSA) is 86.8 Å². The summed E-state index contributed by atoms with van der Waals surface area (Å²) in [7, 11) is -2.52. The summed E-state index contributed by atoms with van der Waals surface area (Å²) in [5.74, 6) is -0.767. The number of hydrogen-bond acceptors (Lipinski definition) is 4. The van der Waals surface area contributed by atoms with Crippen molar-refractivity contribution < 1.29 is 18.0 Å². The van der Waals surface area contributed by atoms with E-state index in [1.165, 1.54) is 24.1 Å². The van der Waals surface area contributed by atoms with Gasteiger partial charge in [0, 0.05) is 13.6 Å². The summed E-state index contributed by atoms with van der Waals surface area (Å²) in [4.78, 5) is 28.1. The summed E-state index contributed by atoms with van der Waals surface area (Å²) in [6, 6.07) is 22.0. The van der Waals surface area contributed by atoms with Crippen molar-refractivity contribution >= 4 is 27.5 Å². The lowest BCUT2D eigenvalue weighted by Crippen LogP contribution is -2.51. The van der Waals surface area contributed by atoms with E-state index in [0.717, 1.165) is 21.0 Å². The van der Waals surface area contributed by atoms with Crippen molar-refractivity contribution in [2.45, 2.75) is 44.7 Å². The molecule has 0 bridgehead atoms. The molecule has 190 valence electrons. The van der Waals surface area contributed by atoms with Gasteiger partial charge in [-0.05, 0) is 50.1 Å². The molecule has 0 saturated carbocycles. The Balaban J connectivity index is 2.03. The van der Waals surface area contributed by atoms with Gasteiger partial charge in [-0.3, -0.25) is 13.9 Å². The highest BCUT2D eigenvalue weighted by Crippen LogP contribution is 2.25. The molecule has 0 aliphatic carbocycles. The van der Waals surface area contributed by atoms with Crippen molar-refractivity contribution in [3.63, 3.8) is 0 Å². The first-order valence-electron chi connectivity index (χ1n) is 11.9. The van der Waals surface area contributed by atoms with E-state index in [9.17, 15) is 18.0 Å². The zero-order valence-electron chi connectivity index (χ0n) is 21.1. The Labute approximate surface area is 213 Å². The van der Waals surface area contributed by atoms with Gasteiger partial charge in [0.15, 0.2) is 0 Å². The van der Waals surface area contributed by atoms with E-state index >= 15 is 0 Å². The van der Waals surface area contributed by atoms with Gasteiger partial charge in [-0.1, -0.05) is 72.6 Å². The van der Waals surface area contributed by atoms with Gasteiger partial charge >= 0.3 is 0 Å². The summed E-state index contributed by atoms with van der Waals surface area (Å²) < 4.78 is 28.5. The maximum absolute atomic E-state index is 13.8. The molecule has 1 atom stereocenters. The van der Waals surface area contributed by atoms with E-state index < -0.39 is 28.5 Å². The molecule has 36 heavy (non-hydrogen) atoms. The number of anilines is 1. The first-order chi connectivity index (χ1) is 17.2. The quantitative estimate of drug-likeness (QED) is 0.449. The lowest BCUT2D eigenvalue weighted by molar-refractivity contribution is -0.140. The average molecular weight is 508 g/mol. The Morgan fingerprint density at radius 1 is 0.861 bits per heavy atom. The van der Waals surface area contributed by atoms with Crippen LogP contribution in [0.5, 0.6) is 0 Å². The van der Waals surface area contributed by atoms with E-state index in [1.807, 2.05) is 45.0 Å². The Morgan fingerprint density at radius 2 is 1.42 bits per heavy atom. The van der Waals surface area contributed by atoms with Crippen LogP contribution in [0.15, 0.2) is 83.8 Å². The normalized spacial score (nSPS) is 12.0. The lowest BCUT2D eigenvalue weighted by Gasteiger charge is -2.33. The standard InChI is InChI=1S/C28H33N3O4S/c1-5-26(28(33)29-4)30(19-23-15-11-21(2)12-16-23)27(32)20-31(24-17-13-22(3)14-18-24)36(34,35)25-9-7-6-8-10-25/h6-18,26H,5,19-20H2,1-4H3,(H,29,33)/t26-/m1/s1. The first kappa shape index (κ1) is 26.9. The molecule has 0 heterocycles. The van der Waals surface area contributed by atoms with Crippen molar-refractivity contribution in [3.8, 4) is 0 Å². The van der Waals surface area contributed by atoms with Crippen LogP contribution in [0.3, 0.4) is 0 Å². The number of nitrogens with one attached hydrogen (secondary N) is 1. The van der Waals surface area contributed by atoms with Gasteiger partial charge in [-0.15, -0.1) is 0 Å². The highest BCUT2D eigenvalue weighted by Gasteiger charge is 2.33. The van der Waals surface area contributed by atoms with Crippen LogP contribution in [-0.4, -0.2) is 44.8 Å². The molecular formula is C28H33N3O4S. The second kappa shape index (κ2) is 11.9. The third-order valence-corrected chi connectivity index (χ3v) is 7.83. The number of likely N-dealkylation sites (N-methyl/N-ethyl adjacent to an activating group) is 1. The van der Waals surface area contributed by atoms with E-state index in [4.69, 9.17) is 0 Å². The molecule has 0 aliphatic heterocycles. The number of hydrogen-bond donors (Lipinski definition) is 1. The Kier molecular flexibility index (Phi) is 8.88. The molecule has 0 aromatic heterocycles. The molecule has 0 fully saturated rings. The molecule has 0 unspecified atom stereocenters. The molecule has 8 heteroatoms. The summed E-state index contributed by atoms with van der Waals surface area (Å²) >= 11 is 0. The Bertz CT molecular complexity index is 1270. The van der Waals surface area contributed by atoms with Gasteiger partial charge < -0.3 is 10.2 Å². The monoisotopic (exact) mass is 507 g/mol. The molecule has 1 N–H and O–H groups in total. The van der Waals surface area contributed by atoms with Gasteiger partial charge in [0.25, 0.3) is 10.0 Å². The molecule has 0 spiro atoms. The third kappa shape index (κ3) is 6.31. The first-order valence-corrected chi connectivity index (χ1v) is 13.3. The molecule has 2 amide bonds. The van der Waals surface area contributed by atoms with Gasteiger partial charge in [-0.2, -0.15) is 0 Å². The van der Waals surface area contributed by atoms with Crippen molar-refractivity contribution in [2.24, 2.45) is 0 Å². The van der Waals surface area contributed by atoms with E-state index in [0.29, 0.717) is 12.1 Å². The molecule has 3 aromatic carbocycles. The van der Waals surface area contributed by atoms with Crippen LogP contribution < -0.4 is 9.62 Å². The smallest absolute Gasteiger partial charge is 0.264 e. The largest absolute Gasteiger partial charge is 0.357 e. The van der Waals surface area contributed by atoms with Crippen LogP contribution in [0, 0.1) is 13.8 Å². The zero-order chi connectivity index (χ0) is 26.3. The molecule has 0 radical (unpaired) electrons. The Morgan fingerprint density at radius 3 is 1.94 bits per heavy atom. The number of benzene rings is 3. The number of rotatable bonds is 10. The number of aryl methyl sites for hydroxylation is 2. The van der Waals surface area contributed by atoms with Crippen molar-refractivity contribution in [2.75, 3.05) is 17.9 Å². The van der Waals surface area contributed by atoms with Gasteiger partial charge in [0.1, 0.15) is 12.6 Å². The third-order valence-electron chi connectivity index (χ3n) is 6.04. The fourth-order valence-electron chi connectivity index (χ4n) is 3.94. The SMILES string of the molecule is CC[C@H](C(=O)NC)N(Cc1ccc(C)cc1)C(=O)CN(c1ccc(C)cc1)S(=O)(=O)c1ccccc1. The van der Waals surface area contributed by atoms with Crippen LogP contribution in [0.4, 0.5) is 5.69 Å². The number of carbonyl (C=O) groups excluding carboxylic acids is 2. The highest BCUT2D eigenvalue weighted by atomic mass is 32.2. The van der Waals surface area contributed by atoms with Gasteiger partial charge in [-0.25, -0.2) is 8.42 Å². The van der Waals surface area contributed by atoms with Crippen LogP contribution in [0.2, 0.25) is 0 Å². The minimum Gasteiger partial charge on any atom is -0.357 e. The summed E-state index contributed by atoms with van der Waals surface area (Å²) in [5.41, 5.74) is 3.27. The van der Waals surface area contributed by atoms with Crippen LogP contribution in [0.25, 0.3) is 0 Å². The van der Waals surface area contributed by atoms with Crippen LogP contribution in [0.1, 0.15) is 30.0 Å². The lowest BCUT2D eigenvalue weighted by atomic mass is 10.1. The summed E-state index contributed by atoms with van der Waals surface area (Å²) in [6.07, 6.45) is 0.382. The molecular weight excluding hydrogens is 474 g/mol. The van der Waals surface area contributed by atoms with Crippen LogP contribution >= 0.6 is 0 Å². The maximum Gasteiger partial charge on any atom is 0.264 e. The van der Waals surface area contributed by atoms with Crippen molar-refractivity contribution in [1.29, 1.82) is 0 Å². The summed E-state index contributed by atoms with van der Waals surface area (Å²) in [6.45, 7) is 5.44. The minimum atomic E-state index is -4.05. The molecule has 3 aromatic rings. The number of carbonyl (C=O) groups is 2. The van der Waals surface area contributed by atoms with Gasteiger partial charge in [0.2, 0.25) is 11.8 Å². The van der Waals surface area contributed by atoms with Crippen molar-refractivity contribution in [1.82, 2.24) is 10.2 Å². The van der Waals surface area contributed by atoms with E-state index in [-0.39, 0.29) is 17.3 Å².